The van der Waals surface area contributed by atoms with Gasteiger partial charge in [0.25, 0.3) is 23.0 Å². The molecule has 42 heavy (non-hydrogen) atoms. The van der Waals surface area contributed by atoms with Gasteiger partial charge in [0.2, 0.25) is 23.3 Å². The van der Waals surface area contributed by atoms with Gasteiger partial charge < -0.3 is 9.84 Å². The molecule has 0 aliphatic heterocycles. The van der Waals surface area contributed by atoms with Crippen LogP contribution in [-0.2, 0) is 24.4 Å². The van der Waals surface area contributed by atoms with Gasteiger partial charge in [0.1, 0.15) is 0 Å². The summed E-state index contributed by atoms with van der Waals surface area (Å²) in [5.74, 6) is -36.7. The summed E-state index contributed by atoms with van der Waals surface area (Å²) in [7, 11) is -7.63. The minimum Gasteiger partial charge on any atom is -0.481 e. The van der Waals surface area contributed by atoms with Crippen molar-refractivity contribution in [1.82, 2.24) is 0 Å². The maximum atomic E-state index is 14.8. The average molecular weight is 690 g/mol. The Bertz CT molecular complexity index is 1070. The quantitative estimate of drug-likeness (QED) is 0.137. The van der Waals surface area contributed by atoms with Crippen molar-refractivity contribution in [2.45, 2.75) is 84.9 Å². The van der Waals surface area contributed by atoms with Gasteiger partial charge in [0.15, 0.2) is 12.3 Å². The van der Waals surface area contributed by atoms with Gasteiger partial charge in [-0.3, -0.25) is 14.1 Å². The second kappa shape index (κ2) is 12.7. The molecule has 0 aliphatic rings. The second-order valence-electron chi connectivity index (χ2n) is 7.87. The maximum absolute atomic E-state index is 14.8. The predicted molar refractivity (Wildman–Crippen MR) is 93.8 cm³/mol. The summed E-state index contributed by atoms with van der Waals surface area (Å²) < 4.78 is 269. The van der Waals surface area contributed by atoms with Crippen LogP contribution in [0.5, 0.6) is 0 Å². The highest BCUT2D eigenvalue weighted by molar-refractivity contribution is 7.88. The minimum absolute atomic E-state index is 2.54. The average Bonchev–Trinajstić information content (AvgIpc) is 2.82. The number of rotatable bonds is 16. The largest absolute Gasteiger partial charge is 0.481 e. The van der Waals surface area contributed by atoms with E-state index in [-0.39, 0.29) is 0 Å². The van der Waals surface area contributed by atoms with E-state index in [1.807, 2.05) is 0 Å². The Balaban J connectivity index is 7.09. The highest BCUT2D eigenvalue weighted by Crippen LogP contribution is 2.50. The van der Waals surface area contributed by atoms with Gasteiger partial charge in [-0.05, 0) is 0 Å². The first-order valence-corrected chi connectivity index (χ1v) is 11.2. The van der Waals surface area contributed by atoms with Crippen molar-refractivity contribution in [3.05, 3.63) is 0 Å². The van der Waals surface area contributed by atoms with Crippen molar-refractivity contribution < 1.29 is 111 Å². The van der Waals surface area contributed by atoms with Gasteiger partial charge >= 0.3 is 42.0 Å². The number of aliphatic carboxylic acids is 1. The summed E-state index contributed by atoms with van der Waals surface area (Å²) in [5.41, 5.74) is 0. The zero-order valence-corrected chi connectivity index (χ0v) is 19.8. The van der Waals surface area contributed by atoms with E-state index in [4.69, 9.17) is 9.66 Å². The molecular weight excluding hydrogens is 678 g/mol. The van der Waals surface area contributed by atoms with Crippen molar-refractivity contribution in [1.29, 1.82) is 0 Å². The van der Waals surface area contributed by atoms with Crippen molar-refractivity contribution in [2.24, 2.45) is 0 Å². The molecule has 0 aromatic carbocycles. The monoisotopic (exact) mass is 690 g/mol. The molecule has 26 heteroatoms. The molecule has 0 saturated carbocycles. The number of hydrogen-bond acceptors (Lipinski definition) is 5. The van der Waals surface area contributed by atoms with E-state index in [9.17, 15) is 97.0 Å². The smallest absolute Gasteiger partial charge is 0.378 e. The van der Waals surface area contributed by atoms with Crippen LogP contribution in [0.15, 0.2) is 0 Å². The molecule has 250 valence electrons. The standard InChI is InChI=1S/C16H12F18O7S/c17-3(7(21)22)5(19)13(27,28)15(31,32)9(25)12(1-2(35)36,42(38,39)40)11(37)41-10(26)16(33,34)14(29,30)6(20)4(18)8(23)24/h3-10H,1H2,(H,35,36)(H,38,39,40). The molecule has 7 nitrogen and oxygen atoms in total. The van der Waals surface area contributed by atoms with Gasteiger partial charge in [-0.25, -0.2) is 39.5 Å². The zero-order valence-electron chi connectivity index (χ0n) is 19.0. The summed E-state index contributed by atoms with van der Waals surface area (Å²) in [6.07, 6.45) is -46.2. The third-order valence-corrected chi connectivity index (χ3v) is 6.50. The van der Waals surface area contributed by atoms with E-state index in [0.29, 0.717) is 0 Å². The first-order valence-electron chi connectivity index (χ1n) is 9.72. The maximum Gasteiger partial charge on any atom is 0.378 e. The number of carboxylic acids is 1. The van der Waals surface area contributed by atoms with Crippen LogP contribution in [0.3, 0.4) is 0 Å². The van der Waals surface area contributed by atoms with Crippen molar-refractivity contribution in [3.63, 3.8) is 0 Å². The number of ether oxygens (including phenoxy) is 1. The van der Waals surface area contributed by atoms with E-state index in [2.05, 4.69) is 4.74 Å². The third-order valence-electron chi connectivity index (χ3n) is 5.07. The molecule has 7 atom stereocenters. The van der Waals surface area contributed by atoms with E-state index in [0.717, 1.165) is 0 Å². The highest BCUT2D eigenvalue weighted by Gasteiger charge is 2.78. The third kappa shape index (κ3) is 6.87. The lowest BCUT2D eigenvalue weighted by Crippen LogP contribution is -2.68. The Kier molecular flexibility index (Phi) is 11.9. The van der Waals surface area contributed by atoms with Crippen LogP contribution in [0.2, 0.25) is 0 Å². The van der Waals surface area contributed by atoms with Crippen LogP contribution in [-0.4, -0.2) is 109 Å². The summed E-state index contributed by atoms with van der Waals surface area (Å²) >= 11 is 0. The van der Waals surface area contributed by atoms with Gasteiger partial charge in [-0.1, -0.05) is 0 Å². The zero-order chi connectivity index (χ0) is 34.2. The molecule has 0 radical (unpaired) electrons. The molecule has 0 fully saturated rings. The Morgan fingerprint density at radius 2 is 0.976 bits per heavy atom. The molecule has 0 saturated heterocycles. The Morgan fingerprint density at radius 1 is 0.643 bits per heavy atom. The van der Waals surface area contributed by atoms with Gasteiger partial charge in [-0.2, -0.15) is 47.9 Å². The molecule has 2 N–H and O–H groups in total. The lowest BCUT2D eigenvalue weighted by molar-refractivity contribution is -0.314. The Labute approximate surface area is 219 Å². The summed E-state index contributed by atoms with van der Waals surface area (Å²) in [4.78, 5) is 22.9. The van der Waals surface area contributed by atoms with Crippen molar-refractivity contribution >= 4 is 22.1 Å². The Morgan fingerprint density at radius 3 is 1.26 bits per heavy atom. The number of alkyl halides is 18. The second-order valence-corrected chi connectivity index (χ2v) is 9.55. The number of esters is 1. The molecule has 0 aromatic heterocycles. The van der Waals surface area contributed by atoms with Crippen molar-refractivity contribution in [2.75, 3.05) is 0 Å². The topological polar surface area (TPSA) is 118 Å². The van der Waals surface area contributed by atoms with Gasteiger partial charge in [-0.15, -0.1) is 0 Å². The van der Waals surface area contributed by atoms with Crippen LogP contribution in [0.4, 0.5) is 79.0 Å². The van der Waals surface area contributed by atoms with E-state index in [1.165, 1.54) is 0 Å². The van der Waals surface area contributed by atoms with Gasteiger partial charge in [0.05, 0.1) is 6.42 Å². The molecular formula is C16H12F18O7S. The fourth-order valence-corrected chi connectivity index (χ4v) is 3.70. The molecule has 0 aliphatic carbocycles. The number of halogens is 18. The van der Waals surface area contributed by atoms with Crippen LogP contribution >= 0.6 is 0 Å². The fraction of sp³-hybridized carbons (Fsp3) is 0.875. The minimum atomic E-state index is -7.63. The van der Waals surface area contributed by atoms with E-state index in [1.54, 1.807) is 0 Å². The lowest BCUT2D eigenvalue weighted by Gasteiger charge is -2.39. The fourth-order valence-electron chi connectivity index (χ4n) is 2.72. The first-order chi connectivity index (χ1) is 18.4. The molecule has 0 aromatic rings. The van der Waals surface area contributed by atoms with E-state index < -0.39 is 107 Å². The highest BCUT2D eigenvalue weighted by atomic mass is 32.2. The predicted octanol–water partition coefficient (Wildman–Crippen LogP) is 4.69. The van der Waals surface area contributed by atoms with Crippen LogP contribution < -0.4 is 0 Å². The number of carbonyl (C=O) groups excluding carboxylic acids is 1. The summed E-state index contributed by atoms with van der Waals surface area (Å²) in [5, 5.41) is 8.62. The van der Waals surface area contributed by atoms with Crippen LogP contribution in [0.1, 0.15) is 6.42 Å². The lowest BCUT2D eigenvalue weighted by atomic mass is 9.88. The number of carbonyl (C=O) groups is 2. The number of carboxylic acid groups (broad SMARTS) is 1. The Hall–Kier alpha value is -2.41. The SMILES string of the molecule is O=C(O)CC(C(=O)OC(F)C(F)(F)C(F)(F)C(F)C(F)C(F)F)(C(F)C(F)(F)C(F)(F)C(F)C(F)C(F)F)S(=O)(=O)O. The first kappa shape index (κ1) is 39.6. The molecule has 0 bridgehead atoms. The van der Waals surface area contributed by atoms with Gasteiger partial charge in [0, 0.05) is 0 Å². The molecule has 7 unspecified atom stereocenters. The molecule has 0 heterocycles. The van der Waals surface area contributed by atoms with Crippen LogP contribution in [0.25, 0.3) is 0 Å². The summed E-state index contributed by atoms with van der Waals surface area (Å²) in [6.45, 7) is 0. The van der Waals surface area contributed by atoms with Crippen LogP contribution in [0, 0.1) is 0 Å². The van der Waals surface area contributed by atoms with Crippen molar-refractivity contribution in [3.8, 4) is 0 Å². The molecule has 0 rings (SSSR count). The number of hydrogen-bond donors (Lipinski definition) is 2. The summed E-state index contributed by atoms with van der Waals surface area (Å²) in [6, 6.07) is 0. The normalized spacial score (nSPS) is 19.9. The molecule has 0 amide bonds. The van der Waals surface area contributed by atoms with E-state index >= 15 is 0 Å². The molecule has 0 spiro atoms.